The summed E-state index contributed by atoms with van der Waals surface area (Å²) < 4.78 is 36.8. The highest BCUT2D eigenvalue weighted by Gasteiger charge is 2.14. The molecule has 0 radical (unpaired) electrons. The van der Waals surface area contributed by atoms with Gasteiger partial charge in [0.2, 0.25) is 6.43 Å². The quantitative estimate of drug-likeness (QED) is 0.327. The molecule has 0 unspecified atom stereocenters. The zero-order valence-corrected chi connectivity index (χ0v) is 18.7. The average Bonchev–Trinajstić information content (AvgIpc) is 3.21. The van der Waals surface area contributed by atoms with Crippen molar-refractivity contribution in [3.8, 4) is 11.3 Å². The maximum absolute atomic E-state index is 13.1. The molecule has 0 bridgehead atoms. The summed E-state index contributed by atoms with van der Waals surface area (Å²) >= 11 is 0. The SMILES string of the molecule is Cc1ccc(-c2nccnc2C(=O)O)cc1C.Fc1ccc2[nH]cc(CC[N-]CC(F)F)c2c1. The van der Waals surface area contributed by atoms with Gasteiger partial charge in [0.05, 0.1) is 0 Å². The second-order valence-electron chi connectivity index (χ2n) is 7.63. The van der Waals surface area contributed by atoms with Gasteiger partial charge in [-0.1, -0.05) is 18.7 Å². The molecule has 2 aromatic heterocycles. The molecule has 0 amide bonds. The first-order valence-corrected chi connectivity index (χ1v) is 10.5. The normalized spacial score (nSPS) is 10.9. The third-order valence-corrected chi connectivity index (χ3v) is 5.22. The van der Waals surface area contributed by atoms with Crippen LogP contribution in [-0.2, 0) is 6.42 Å². The number of H-pyrrole nitrogens is 1. The van der Waals surface area contributed by atoms with E-state index in [2.05, 4.69) is 20.3 Å². The van der Waals surface area contributed by atoms with Crippen molar-refractivity contribution in [2.75, 3.05) is 13.1 Å². The van der Waals surface area contributed by atoms with Crippen LogP contribution >= 0.6 is 0 Å². The highest BCUT2D eigenvalue weighted by molar-refractivity contribution is 5.92. The Hall–Kier alpha value is -3.72. The number of hydrogen-bond donors (Lipinski definition) is 2. The van der Waals surface area contributed by atoms with E-state index in [4.69, 9.17) is 5.11 Å². The molecule has 2 aromatic carbocycles. The van der Waals surface area contributed by atoms with Gasteiger partial charge in [-0.25, -0.2) is 22.9 Å². The molecule has 0 fully saturated rings. The summed E-state index contributed by atoms with van der Waals surface area (Å²) in [5.74, 6) is -1.37. The molecule has 0 aliphatic carbocycles. The first-order chi connectivity index (χ1) is 16.3. The molecule has 0 saturated heterocycles. The molecule has 4 aromatic rings. The smallest absolute Gasteiger partial charge is 0.356 e. The van der Waals surface area contributed by atoms with Crippen molar-refractivity contribution in [3.05, 3.63) is 88.5 Å². The molecule has 0 aliphatic heterocycles. The number of aryl methyl sites for hydroxylation is 2. The Balaban J connectivity index is 0.000000191. The second kappa shape index (κ2) is 11.4. The van der Waals surface area contributed by atoms with E-state index in [0.29, 0.717) is 18.7 Å². The minimum atomic E-state index is -2.39. The Morgan fingerprint density at radius 3 is 2.56 bits per heavy atom. The molecule has 2 heterocycles. The molecule has 6 nitrogen and oxygen atoms in total. The Morgan fingerprint density at radius 1 is 1.09 bits per heavy atom. The number of nitrogens with one attached hydrogen (secondary N) is 1. The number of carboxylic acid groups (broad SMARTS) is 1. The fraction of sp³-hybridized carbons (Fsp3) is 0.240. The Kier molecular flexibility index (Phi) is 8.37. The van der Waals surface area contributed by atoms with Gasteiger partial charge in [-0.2, -0.15) is 0 Å². The number of alkyl halides is 2. The molecular formula is C25H24F3N4O2-. The van der Waals surface area contributed by atoms with Gasteiger partial charge in [0.25, 0.3) is 0 Å². The number of aromatic nitrogens is 3. The molecule has 34 heavy (non-hydrogen) atoms. The van der Waals surface area contributed by atoms with Crippen LogP contribution in [0, 0.1) is 19.7 Å². The molecular weight excluding hydrogens is 445 g/mol. The molecule has 178 valence electrons. The van der Waals surface area contributed by atoms with Crippen LogP contribution in [0.25, 0.3) is 27.5 Å². The molecule has 9 heteroatoms. The zero-order chi connectivity index (χ0) is 24.7. The maximum Gasteiger partial charge on any atom is 0.356 e. The van der Waals surface area contributed by atoms with E-state index in [-0.39, 0.29) is 11.5 Å². The summed E-state index contributed by atoms with van der Waals surface area (Å²) in [6.07, 6.45) is 2.79. The van der Waals surface area contributed by atoms with Gasteiger partial charge in [-0.15, -0.1) is 6.54 Å². The van der Waals surface area contributed by atoms with Gasteiger partial charge in [-0.05, 0) is 61.2 Å². The predicted octanol–water partition coefficient (Wildman–Crippen LogP) is 5.95. The maximum atomic E-state index is 13.1. The molecule has 0 spiro atoms. The van der Waals surface area contributed by atoms with Gasteiger partial charge in [0.1, 0.15) is 11.5 Å². The van der Waals surface area contributed by atoms with Crippen molar-refractivity contribution >= 4 is 16.9 Å². The summed E-state index contributed by atoms with van der Waals surface area (Å²) in [6.45, 7) is 3.88. The van der Waals surface area contributed by atoms with Crippen molar-refractivity contribution in [2.24, 2.45) is 0 Å². The monoisotopic (exact) mass is 469 g/mol. The molecule has 0 aliphatic rings. The lowest BCUT2D eigenvalue weighted by molar-refractivity contribution is 0.0691. The summed E-state index contributed by atoms with van der Waals surface area (Å²) in [6, 6.07) is 10.2. The van der Waals surface area contributed by atoms with E-state index in [1.54, 1.807) is 12.3 Å². The van der Waals surface area contributed by atoms with E-state index in [0.717, 1.165) is 33.2 Å². The first-order valence-electron chi connectivity index (χ1n) is 10.5. The second-order valence-corrected chi connectivity index (χ2v) is 7.63. The van der Waals surface area contributed by atoms with Crippen molar-refractivity contribution < 1.29 is 23.1 Å². The van der Waals surface area contributed by atoms with E-state index < -0.39 is 18.9 Å². The van der Waals surface area contributed by atoms with E-state index in [9.17, 15) is 18.0 Å². The van der Waals surface area contributed by atoms with Gasteiger partial charge < -0.3 is 15.4 Å². The molecule has 0 atom stereocenters. The van der Waals surface area contributed by atoms with Gasteiger partial charge in [0.15, 0.2) is 5.69 Å². The first kappa shape index (κ1) is 24.9. The number of fused-ring (bicyclic) bond motifs is 1. The van der Waals surface area contributed by atoms with Crippen LogP contribution in [0.15, 0.2) is 55.0 Å². The number of halogens is 3. The predicted molar refractivity (Wildman–Crippen MR) is 125 cm³/mol. The lowest BCUT2D eigenvalue weighted by Crippen LogP contribution is -2.04. The highest BCUT2D eigenvalue weighted by Crippen LogP contribution is 2.22. The summed E-state index contributed by atoms with van der Waals surface area (Å²) in [5, 5.41) is 13.6. The lowest BCUT2D eigenvalue weighted by atomic mass is 10.0. The summed E-state index contributed by atoms with van der Waals surface area (Å²) in [7, 11) is 0. The van der Waals surface area contributed by atoms with Crippen molar-refractivity contribution in [1.82, 2.24) is 15.0 Å². The van der Waals surface area contributed by atoms with Crippen molar-refractivity contribution in [2.45, 2.75) is 26.7 Å². The minimum absolute atomic E-state index is 0.0178. The number of rotatable bonds is 7. The fourth-order valence-electron chi connectivity index (χ4n) is 3.34. The van der Waals surface area contributed by atoms with Crippen LogP contribution in [0.5, 0.6) is 0 Å². The standard InChI is InChI=1S/C13H12N2O2.C12H12F3N2/c1-8-3-4-10(7-9(8)2)11-12(13(16)17)15-6-5-14-11;13-9-1-2-11-10(5-9)8(6-17-11)3-4-16-7-12(14)15/h3-7H,1-2H3,(H,16,17);1-2,5-6,12,17H,3-4,7H2/q;-1. The molecule has 2 N–H and O–H groups in total. The van der Waals surface area contributed by atoms with Gasteiger partial charge >= 0.3 is 5.97 Å². The van der Waals surface area contributed by atoms with Gasteiger partial charge in [0, 0.05) is 35.1 Å². The van der Waals surface area contributed by atoms with Crippen LogP contribution in [0.3, 0.4) is 0 Å². The molecule has 4 rings (SSSR count). The number of nitrogens with zero attached hydrogens (tertiary/aromatic N) is 3. The average molecular weight is 469 g/mol. The zero-order valence-electron chi connectivity index (χ0n) is 18.7. The van der Waals surface area contributed by atoms with Crippen LogP contribution in [0.1, 0.15) is 27.2 Å². The summed E-state index contributed by atoms with van der Waals surface area (Å²) in [4.78, 5) is 22.0. The lowest BCUT2D eigenvalue weighted by Gasteiger charge is -2.17. The fourth-order valence-corrected chi connectivity index (χ4v) is 3.34. The van der Waals surface area contributed by atoms with Crippen molar-refractivity contribution in [1.29, 1.82) is 0 Å². The topological polar surface area (TPSA) is 93.0 Å². The van der Waals surface area contributed by atoms with Crippen LogP contribution in [-0.4, -0.2) is 45.5 Å². The van der Waals surface area contributed by atoms with Gasteiger partial charge in [-0.3, -0.25) is 4.98 Å². The number of benzene rings is 2. The van der Waals surface area contributed by atoms with Crippen LogP contribution in [0.4, 0.5) is 13.2 Å². The number of carboxylic acids is 1. The minimum Gasteiger partial charge on any atom is -0.657 e. The van der Waals surface area contributed by atoms with Crippen LogP contribution in [0.2, 0.25) is 0 Å². The highest BCUT2D eigenvalue weighted by atomic mass is 19.3. The third-order valence-electron chi connectivity index (χ3n) is 5.22. The molecule has 0 saturated carbocycles. The van der Waals surface area contributed by atoms with E-state index >= 15 is 0 Å². The van der Waals surface area contributed by atoms with E-state index in [1.807, 2.05) is 32.0 Å². The number of hydrogen-bond acceptors (Lipinski definition) is 3. The Morgan fingerprint density at radius 2 is 1.85 bits per heavy atom. The van der Waals surface area contributed by atoms with Crippen LogP contribution < -0.4 is 0 Å². The number of aromatic amines is 1. The number of aromatic carboxylic acids is 1. The van der Waals surface area contributed by atoms with E-state index in [1.165, 1.54) is 24.5 Å². The number of carbonyl (C=O) groups is 1. The summed E-state index contributed by atoms with van der Waals surface area (Å²) in [5.41, 5.74) is 5.17. The van der Waals surface area contributed by atoms with Crippen molar-refractivity contribution in [3.63, 3.8) is 0 Å². The third kappa shape index (κ3) is 6.41. The Labute approximate surface area is 194 Å². The largest absolute Gasteiger partial charge is 0.657 e. The Bertz CT molecular complexity index is 1270.